The molecular weight excluding hydrogens is 356 g/mol. The van der Waals surface area contributed by atoms with Gasteiger partial charge in [-0.15, -0.1) is 0 Å². The molecule has 0 radical (unpaired) electrons. The first-order valence-electron chi connectivity index (χ1n) is 8.40. The monoisotopic (exact) mass is 373 g/mol. The molecule has 27 heavy (non-hydrogen) atoms. The molecule has 4 rings (SSSR count). The summed E-state index contributed by atoms with van der Waals surface area (Å²) in [6.07, 6.45) is 1.12. The lowest BCUT2D eigenvalue weighted by molar-refractivity contribution is 0.100. The summed E-state index contributed by atoms with van der Waals surface area (Å²) in [7, 11) is 0. The number of aryl methyl sites for hydroxylation is 1. The number of carbonyl (C=O) groups is 1. The van der Waals surface area contributed by atoms with Gasteiger partial charge >= 0.3 is 0 Å². The van der Waals surface area contributed by atoms with Crippen LogP contribution in [-0.2, 0) is 0 Å². The second-order valence-corrected chi connectivity index (χ2v) is 6.60. The Hall–Kier alpha value is -3.07. The molecule has 9 heteroatoms. The first kappa shape index (κ1) is 17.3. The van der Waals surface area contributed by atoms with Crippen molar-refractivity contribution in [3.05, 3.63) is 58.9 Å². The Bertz CT molecular complexity index is 1050. The fourth-order valence-corrected chi connectivity index (χ4v) is 3.61. The van der Waals surface area contributed by atoms with Crippen LogP contribution in [0, 0.1) is 18.6 Å². The summed E-state index contributed by atoms with van der Waals surface area (Å²) in [5.74, 6) is -1.35. The maximum Gasteiger partial charge on any atom is 0.254 e. The van der Waals surface area contributed by atoms with Crippen LogP contribution in [0.2, 0.25) is 0 Å². The zero-order chi connectivity index (χ0) is 19.3. The van der Waals surface area contributed by atoms with Crippen molar-refractivity contribution >= 4 is 17.4 Å². The van der Waals surface area contributed by atoms with E-state index in [1.165, 1.54) is 4.52 Å². The molecule has 3 heterocycles. The van der Waals surface area contributed by atoms with Gasteiger partial charge in [-0.3, -0.25) is 4.79 Å². The van der Waals surface area contributed by atoms with E-state index in [2.05, 4.69) is 10.1 Å². The van der Waals surface area contributed by atoms with E-state index in [1.54, 1.807) is 24.1 Å². The predicted molar refractivity (Wildman–Crippen MR) is 93.3 cm³/mol. The van der Waals surface area contributed by atoms with Crippen molar-refractivity contribution in [2.75, 3.05) is 11.4 Å². The molecule has 0 unspecified atom stereocenters. The van der Waals surface area contributed by atoms with E-state index < -0.39 is 29.7 Å². The first-order chi connectivity index (χ1) is 12.8. The minimum atomic E-state index is -0.724. The second kappa shape index (κ2) is 6.27. The van der Waals surface area contributed by atoms with Crippen LogP contribution in [0.1, 0.15) is 34.1 Å². The quantitative estimate of drug-likeness (QED) is 0.729. The van der Waals surface area contributed by atoms with Crippen LogP contribution in [0.3, 0.4) is 0 Å². The Labute approximate surface area is 153 Å². The number of anilines is 1. The van der Waals surface area contributed by atoms with Crippen LogP contribution in [0.25, 0.3) is 5.65 Å². The van der Waals surface area contributed by atoms with Gasteiger partial charge in [-0.1, -0.05) is 0 Å². The largest absolute Gasteiger partial charge is 0.391 e. The average molecular weight is 373 g/mol. The van der Waals surface area contributed by atoms with Crippen LogP contribution in [0.5, 0.6) is 0 Å². The fraction of sp³-hybridized carbons (Fsp3) is 0.278. The van der Waals surface area contributed by atoms with Crippen molar-refractivity contribution in [2.45, 2.75) is 25.5 Å². The number of aliphatic hydroxyl groups is 1. The van der Waals surface area contributed by atoms with E-state index in [-0.39, 0.29) is 29.7 Å². The highest BCUT2D eigenvalue weighted by Gasteiger charge is 2.35. The lowest BCUT2D eigenvalue weighted by atomic mass is 10.0. The van der Waals surface area contributed by atoms with E-state index in [4.69, 9.17) is 5.73 Å². The van der Waals surface area contributed by atoms with Gasteiger partial charge in [-0.05, 0) is 37.6 Å². The van der Waals surface area contributed by atoms with Gasteiger partial charge in [0.1, 0.15) is 23.0 Å². The normalized spacial score (nSPS) is 19.8. The van der Waals surface area contributed by atoms with Crippen LogP contribution >= 0.6 is 0 Å². The van der Waals surface area contributed by atoms with Gasteiger partial charge in [0.25, 0.3) is 5.91 Å². The molecule has 1 aliphatic heterocycles. The van der Waals surface area contributed by atoms with Crippen molar-refractivity contribution in [2.24, 2.45) is 5.73 Å². The Morgan fingerprint density at radius 3 is 2.85 bits per heavy atom. The fourth-order valence-electron chi connectivity index (χ4n) is 3.61. The number of β-amino-alcohol motifs (C(OH)–C–C–N with tert-alkyl or cyclic N) is 1. The maximum absolute atomic E-state index is 14.3. The van der Waals surface area contributed by atoms with Crippen molar-refractivity contribution in [3.63, 3.8) is 0 Å². The van der Waals surface area contributed by atoms with E-state index in [1.807, 2.05) is 0 Å². The number of fused-ring (bicyclic) bond motifs is 1. The number of rotatable bonds is 3. The molecule has 1 saturated heterocycles. The molecular formula is C18H17F2N5O2. The molecule has 3 N–H and O–H groups in total. The SMILES string of the molecule is Cc1nn2ccc(N3C[C@@H](O)C[C@H]3c3cc(F)ccc3F)nc2c1C(N)=O. The molecule has 7 nitrogen and oxygen atoms in total. The number of nitrogens with zero attached hydrogens (tertiary/aromatic N) is 4. The molecule has 3 aromatic rings. The number of benzene rings is 1. The minimum absolute atomic E-state index is 0.146. The molecule has 1 aliphatic rings. The summed E-state index contributed by atoms with van der Waals surface area (Å²) >= 11 is 0. The molecule has 0 spiro atoms. The smallest absolute Gasteiger partial charge is 0.254 e. The highest BCUT2D eigenvalue weighted by molar-refractivity contribution is 6.00. The van der Waals surface area contributed by atoms with Gasteiger partial charge in [-0.25, -0.2) is 18.3 Å². The average Bonchev–Trinajstić information content (AvgIpc) is 3.15. The second-order valence-electron chi connectivity index (χ2n) is 6.60. The molecule has 1 aromatic carbocycles. The van der Waals surface area contributed by atoms with Crippen LogP contribution in [-0.4, -0.2) is 38.3 Å². The summed E-state index contributed by atoms with van der Waals surface area (Å²) in [5.41, 5.74) is 6.49. The van der Waals surface area contributed by atoms with Gasteiger partial charge in [0.2, 0.25) is 0 Å². The Kier molecular flexibility index (Phi) is 4.03. The number of aromatic nitrogens is 3. The summed E-state index contributed by atoms with van der Waals surface area (Å²) in [6.45, 7) is 1.85. The van der Waals surface area contributed by atoms with Gasteiger partial charge in [0, 0.05) is 18.3 Å². The lowest BCUT2D eigenvalue weighted by Crippen LogP contribution is -2.26. The van der Waals surface area contributed by atoms with Crippen LogP contribution < -0.4 is 10.6 Å². The molecule has 1 fully saturated rings. The number of aliphatic hydroxyl groups excluding tert-OH is 1. The molecule has 1 amide bonds. The molecule has 2 atom stereocenters. The zero-order valence-electron chi connectivity index (χ0n) is 14.4. The molecule has 0 saturated carbocycles. The lowest BCUT2D eigenvalue weighted by Gasteiger charge is -2.26. The van der Waals surface area contributed by atoms with Gasteiger partial charge in [0.05, 0.1) is 17.8 Å². The van der Waals surface area contributed by atoms with E-state index in [0.717, 1.165) is 18.2 Å². The van der Waals surface area contributed by atoms with Crippen LogP contribution in [0.15, 0.2) is 30.5 Å². The van der Waals surface area contributed by atoms with Crippen molar-refractivity contribution < 1.29 is 18.7 Å². The van der Waals surface area contributed by atoms with E-state index >= 15 is 0 Å². The van der Waals surface area contributed by atoms with E-state index in [0.29, 0.717) is 11.5 Å². The Morgan fingerprint density at radius 2 is 2.11 bits per heavy atom. The molecule has 0 aliphatic carbocycles. The number of nitrogens with two attached hydrogens (primary N) is 1. The van der Waals surface area contributed by atoms with Crippen molar-refractivity contribution in [3.8, 4) is 0 Å². The molecule has 2 aromatic heterocycles. The number of hydrogen-bond acceptors (Lipinski definition) is 5. The number of amides is 1. The third kappa shape index (κ3) is 2.89. The van der Waals surface area contributed by atoms with Gasteiger partial charge in [-0.2, -0.15) is 5.10 Å². The summed E-state index contributed by atoms with van der Waals surface area (Å²) in [6, 6.07) is 4.29. The number of halogens is 2. The first-order valence-corrected chi connectivity index (χ1v) is 8.40. The summed E-state index contributed by atoms with van der Waals surface area (Å²) < 4.78 is 29.4. The number of hydrogen-bond donors (Lipinski definition) is 2. The highest BCUT2D eigenvalue weighted by Crippen LogP contribution is 2.37. The van der Waals surface area contributed by atoms with Crippen molar-refractivity contribution in [1.29, 1.82) is 0 Å². The summed E-state index contributed by atoms with van der Waals surface area (Å²) in [5, 5.41) is 14.3. The molecule has 140 valence electrons. The third-order valence-electron chi connectivity index (χ3n) is 4.78. The predicted octanol–water partition coefficient (Wildman–Crippen LogP) is 1.73. The number of carbonyl (C=O) groups excluding carboxylic acids is 1. The topological polar surface area (TPSA) is 96.8 Å². The Morgan fingerprint density at radius 1 is 1.33 bits per heavy atom. The summed E-state index contributed by atoms with van der Waals surface area (Å²) in [4.78, 5) is 17.9. The van der Waals surface area contributed by atoms with E-state index in [9.17, 15) is 18.7 Å². The standard InChI is InChI=1S/C18H17F2N5O2/c1-9-16(17(21)27)18-22-15(4-5-25(18)23-9)24-8-11(26)7-14(24)12-6-10(19)2-3-13(12)20/h2-6,11,14,26H,7-8H2,1H3,(H2,21,27)/t11-,14-/m0/s1. The van der Waals surface area contributed by atoms with Gasteiger partial charge in [0.15, 0.2) is 5.65 Å². The Balaban J connectivity index is 1.82. The number of primary amides is 1. The highest BCUT2D eigenvalue weighted by atomic mass is 19.1. The zero-order valence-corrected chi connectivity index (χ0v) is 14.4. The maximum atomic E-state index is 14.3. The van der Waals surface area contributed by atoms with Crippen LogP contribution in [0.4, 0.5) is 14.6 Å². The van der Waals surface area contributed by atoms with Gasteiger partial charge < -0.3 is 15.7 Å². The van der Waals surface area contributed by atoms with Crippen molar-refractivity contribution in [1.82, 2.24) is 14.6 Å². The molecule has 0 bridgehead atoms. The minimum Gasteiger partial charge on any atom is -0.391 e. The third-order valence-corrected chi connectivity index (χ3v) is 4.78.